The van der Waals surface area contributed by atoms with Crippen LogP contribution in [0.1, 0.15) is 17.3 Å². The molecule has 0 aromatic heterocycles. The Kier molecular flexibility index (Phi) is 4.62. The highest BCUT2D eigenvalue weighted by Crippen LogP contribution is 2.30. The van der Waals surface area contributed by atoms with Crippen LogP contribution in [0, 0.1) is 5.82 Å². The number of benzene rings is 1. The van der Waals surface area contributed by atoms with Gasteiger partial charge in [0.1, 0.15) is 0 Å². The predicted octanol–water partition coefficient (Wildman–Crippen LogP) is 2.34. The highest BCUT2D eigenvalue weighted by atomic mass is 79.9. The van der Waals surface area contributed by atoms with E-state index in [2.05, 4.69) is 20.7 Å². The van der Waals surface area contributed by atoms with Gasteiger partial charge in [-0.15, -0.1) is 0 Å². The first kappa shape index (κ1) is 13.6. The van der Waals surface area contributed by atoms with Crippen molar-refractivity contribution in [3.8, 4) is 5.75 Å². The minimum absolute atomic E-state index is 0.0693. The SMILES string of the molecule is CCOC(=O)C(=O)c1c(Br)ccc(F)c1OC. The number of ether oxygens (including phenoxy) is 2. The Morgan fingerprint density at radius 3 is 2.59 bits per heavy atom. The first-order chi connectivity index (χ1) is 8.02. The van der Waals surface area contributed by atoms with Gasteiger partial charge in [-0.05, 0) is 35.0 Å². The van der Waals surface area contributed by atoms with Crippen LogP contribution in [-0.4, -0.2) is 25.5 Å². The largest absolute Gasteiger partial charge is 0.493 e. The number of ketones is 1. The number of Topliss-reactive ketones (excluding diaryl/α,β-unsaturated/α-hetero) is 1. The third-order valence-electron chi connectivity index (χ3n) is 1.95. The van der Waals surface area contributed by atoms with Crippen molar-refractivity contribution >= 4 is 27.7 Å². The second kappa shape index (κ2) is 5.77. The van der Waals surface area contributed by atoms with Gasteiger partial charge in [-0.2, -0.15) is 0 Å². The summed E-state index contributed by atoms with van der Waals surface area (Å²) in [6, 6.07) is 2.45. The zero-order valence-electron chi connectivity index (χ0n) is 9.25. The molecule has 6 heteroatoms. The topological polar surface area (TPSA) is 52.6 Å². The van der Waals surface area contributed by atoms with Crippen molar-refractivity contribution in [2.75, 3.05) is 13.7 Å². The van der Waals surface area contributed by atoms with Gasteiger partial charge in [0.05, 0.1) is 19.3 Å². The maximum atomic E-state index is 13.4. The maximum Gasteiger partial charge on any atom is 0.379 e. The van der Waals surface area contributed by atoms with E-state index < -0.39 is 17.6 Å². The summed E-state index contributed by atoms with van der Waals surface area (Å²) in [5.41, 5.74) is -0.175. The third kappa shape index (κ3) is 2.82. The van der Waals surface area contributed by atoms with E-state index >= 15 is 0 Å². The second-order valence-corrected chi connectivity index (χ2v) is 3.84. The lowest BCUT2D eigenvalue weighted by atomic mass is 10.1. The van der Waals surface area contributed by atoms with Crippen LogP contribution in [0.4, 0.5) is 4.39 Å². The Morgan fingerprint density at radius 1 is 1.41 bits per heavy atom. The molecule has 0 N–H and O–H groups in total. The molecule has 0 spiro atoms. The Balaban J connectivity index is 3.25. The van der Waals surface area contributed by atoms with Crippen LogP contribution in [0.15, 0.2) is 16.6 Å². The van der Waals surface area contributed by atoms with Crippen LogP contribution in [-0.2, 0) is 9.53 Å². The fraction of sp³-hybridized carbons (Fsp3) is 0.273. The van der Waals surface area contributed by atoms with Crippen LogP contribution in [0.5, 0.6) is 5.75 Å². The Hall–Kier alpha value is -1.43. The van der Waals surface area contributed by atoms with E-state index in [0.29, 0.717) is 0 Å². The Labute approximate surface area is 106 Å². The molecule has 0 unspecified atom stereocenters. The molecule has 0 fully saturated rings. The lowest BCUT2D eigenvalue weighted by molar-refractivity contribution is -0.137. The highest BCUT2D eigenvalue weighted by molar-refractivity contribution is 9.10. The molecule has 0 aliphatic heterocycles. The average Bonchev–Trinajstić information content (AvgIpc) is 2.31. The molecule has 0 radical (unpaired) electrons. The van der Waals surface area contributed by atoms with E-state index in [-0.39, 0.29) is 22.4 Å². The zero-order chi connectivity index (χ0) is 13.0. The van der Waals surface area contributed by atoms with Crippen molar-refractivity contribution in [1.82, 2.24) is 0 Å². The van der Waals surface area contributed by atoms with Crippen molar-refractivity contribution < 1.29 is 23.5 Å². The Morgan fingerprint density at radius 2 is 2.06 bits per heavy atom. The van der Waals surface area contributed by atoms with Gasteiger partial charge in [0.25, 0.3) is 5.78 Å². The summed E-state index contributed by atoms with van der Waals surface area (Å²) in [5.74, 6) is -2.99. The summed E-state index contributed by atoms with van der Waals surface area (Å²) in [6.45, 7) is 1.64. The van der Waals surface area contributed by atoms with Gasteiger partial charge in [-0.3, -0.25) is 4.79 Å². The molecular formula is C11H10BrFO4. The van der Waals surface area contributed by atoms with Crippen molar-refractivity contribution in [3.05, 3.63) is 28.0 Å². The van der Waals surface area contributed by atoms with E-state index in [4.69, 9.17) is 4.74 Å². The molecule has 0 aliphatic rings. The van der Waals surface area contributed by atoms with Gasteiger partial charge in [-0.25, -0.2) is 9.18 Å². The van der Waals surface area contributed by atoms with Crippen LogP contribution < -0.4 is 4.74 Å². The minimum atomic E-state index is -1.04. The molecule has 0 bridgehead atoms. The molecule has 1 aromatic carbocycles. The number of methoxy groups -OCH3 is 1. The smallest absolute Gasteiger partial charge is 0.379 e. The van der Waals surface area contributed by atoms with Gasteiger partial charge < -0.3 is 9.47 Å². The van der Waals surface area contributed by atoms with E-state index in [1.54, 1.807) is 6.92 Å². The van der Waals surface area contributed by atoms with Crippen LogP contribution in [0.2, 0.25) is 0 Å². The maximum absolute atomic E-state index is 13.4. The van der Waals surface area contributed by atoms with Crippen molar-refractivity contribution in [1.29, 1.82) is 0 Å². The normalized spacial score (nSPS) is 9.88. The monoisotopic (exact) mass is 304 g/mol. The van der Waals surface area contributed by atoms with Crippen molar-refractivity contribution in [3.63, 3.8) is 0 Å². The number of carbonyl (C=O) groups is 2. The van der Waals surface area contributed by atoms with Crippen LogP contribution >= 0.6 is 15.9 Å². The third-order valence-corrected chi connectivity index (χ3v) is 2.61. The number of esters is 1. The summed E-state index contributed by atoms with van der Waals surface area (Å²) in [7, 11) is 1.22. The molecule has 0 aliphatic carbocycles. The predicted molar refractivity (Wildman–Crippen MR) is 61.6 cm³/mol. The molecule has 0 atom stereocenters. The second-order valence-electron chi connectivity index (χ2n) is 2.99. The zero-order valence-corrected chi connectivity index (χ0v) is 10.8. The summed E-state index contributed by atoms with van der Waals surface area (Å²) >= 11 is 3.07. The van der Waals surface area contributed by atoms with E-state index in [1.807, 2.05) is 0 Å². The summed E-state index contributed by atoms with van der Waals surface area (Å²) in [5, 5.41) is 0. The summed E-state index contributed by atoms with van der Waals surface area (Å²) < 4.78 is 23.0. The molecule has 0 saturated carbocycles. The number of hydrogen-bond acceptors (Lipinski definition) is 4. The molecule has 0 saturated heterocycles. The molecule has 4 nitrogen and oxygen atoms in total. The van der Waals surface area contributed by atoms with Crippen LogP contribution in [0.3, 0.4) is 0 Å². The molecule has 17 heavy (non-hydrogen) atoms. The highest BCUT2D eigenvalue weighted by Gasteiger charge is 2.26. The van der Waals surface area contributed by atoms with Crippen LogP contribution in [0.25, 0.3) is 0 Å². The minimum Gasteiger partial charge on any atom is -0.493 e. The van der Waals surface area contributed by atoms with E-state index in [0.717, 1.165) is 6.07 Å². The molecule has 0 heterocycles. The lowest BCUT2D eigenvalue weighted by Gasteiger charge is -2.09. The van der Waals surface area contributed by atoms with E-state index in [1.165, 1.54) is 13.2 Å². The standard InChI is InChI=1S/C11H10BrFO4/c1-3-17-11(15)9(14)8-6(12)4-5-7(13)10(8)16-2/h4-5H,3H2,1-2H3. The molecule has 0 amide bonds. The number of hydrogen-bond donors (Lipinski definition) is 0. The lowest BCUT2D eigenvalue weighted by Crippen LogP contribution is -2.19. The van der Waals surface area contributed by atoms with Crippen molar-refractivity contribution in [2.24, 2.45) is 0 Å². The fourth-order valence-corrected chi connectivity index (χ4v) is 1.74. The van der Waals surface area contributed by atoms with E-state index in [9.17, 15) is 14.0 Å². The number of rotatable bonds is 4. The van der Waals surface area contributed by atoms with Gasteiger partial charge in [0.15, 0.2) is 11.6 Å². The number of halogens is 2. The molecular weight excluding hydrogens is 295 g/mol. The van der Waals surface area contributed by atoms with Gasteiger partial charge in [-0.1, -0.05) is 0 Å². The average molecular weight is 305 g/mol. The quantitative estimate of drug-likeness (QED) is 0.487. The fourth-order valence-electron chi connectivity index (χ4n) is 1.24. The first-order valence-corrected chi connectivity index (χ1v) is 5.55. The van der Waals surface area contributed by atoms with Gasteiger partial charge in [0, 0.05) is 4.47 Å². The number of carbonyl (C=O) groups excluding carboxylic acids is 2. The van der Waals surface area contributed by atoms with Gasteiger partial charge in [0.2, 0.25) is 0 Å². The summed E-state index contributed by atoms with van der Waals surface area (Å²) in [4.78, 5) is 23.0. The van der Waals surface area contributed by atoms with Crippen molar-refractivity contribution in [2.45, 2.75) is 6.92 Å². The summed E-state index contributed by atoms with van der Waals surface area (Å²) in [6.07, 6.45) is 0. The molecule has 1 aromatic rings. The molecule has 92 valence electrons. The first-order valence-electron chi connectivity index (χ1n) is 4.76. The Bertz CT molecular complexity index is 459. The molecule has 1 rings (SSSR count). The van der Waals surface area contributed by atoms with Gasteiger partial charge >= 0.3 is 5.97 Å².